The molecule has 2 aromatic rings. The lowest BCUT2D eigenvalue weighted by Gasteiger charge is -2.32. The number of likely N-dealkylation sites (tertiary alicyclic amines) is 1. The molecule has 16 N–H and O–H groups in total. The average Bonchev–Trinajstić information content (AvgIpc) is 2.72. The molecule has 0 aliphatic carbocycles. The van der Waals surface area contributed by atoms with E-state index in [4.69, 9.17) is 16.2 Å². The average molecular weight is 1230 g/mol. The number of nitrogens with zero attached hydrogens (tertiary/aromatic N) is 1. The number of benzene rings is 2. The van der Waals surface area contributed by atoms with E-state index >= 15 is 0 Å². The number of unbranched alkanes of at least 4 members (excludes halogenated alkanes) is 3. The smallest absolute Gasteiger partial charge is 0.336 e. The molecule has 1 aliphatic rings. The molecular formula is C60H92N10O17. The summed E-state index contributed by atoms with van der Waals surface area (Å²) in [4.78, 5) is 150. The number of rotatable bonds is 38. The van der Waals surface area contributed by atoms with Gasteiger partial charge < -0.3 is 83.9 Å². The van der Waals surface area contributed by atoms with E-state index in [0.717, 1.165) is 24.2 Å². The van der Waals surface area contributed by atoms with E-state index in [0.29, 0.717) is 42.9 Å². The molecule has 8 amide bonds. The molecule has 3 rings (SSSR count). The van der Waals surface area contributed by atoms with E-state index in [1.54, 1.807) is 74.5 Å². The monoisotopic (exact) mass is 1220 g/mol. The third-order valence-corrected chi connectivity index (χ3v) is 14.4. The first-order chi connectivity index (χ1) is 41.2. The van der Waals surface area contributed by atoms with Crippen molar-refractivity contribution in [1.82, 2.24) is 42.1 Å². The highest BCUT2D eigenvalue weighted by Crippen LogP contribution is 2.22. The Labute approximate surface area is 507 Å². The highest BCUT2D eigenvalue weighted by Gasteiger charge is 2.44. The van der Waals surface area contributed by atoms with Gasteiger partial charge in [0.15, 0.2) is 0 Å². The molecule has 0 radical (unpaired) electrons. The summed E-state index contributed by atoms with van der Waals surface area (Å²) in [6, 6.07) is 2.20. The molecule has 1 aliphatic heterocycles. The lowest BCUT2D eigenvalue weighted by Crippen LogP contribution is -2.62. The van der Waals surface area contributed by atoms with E-state index in [1.807, 2.05) is 0 Å². The summed E-state index contributed by atoms with van der Waals surface area (Å²) in [7, 11) is 0. The second-order valence-electron chi connectivity index (χ2n) is 23.2. The molecule has 484 valence electrons. The van der Waals surface area contributed by atoms with Gasteiger partial charge in [0, 0.05) is 25.8 Å². The number of carbonyl (C=O) groups excluding carboxylic acids is 10. The van der Waals surface area contributed by atoms with Crippen LogP contribution in [-0.2, 0) is 70.3 Å². The maximum absolute atomic E-state index is 14.4. The molecule has 87 heavy (non-hydrogen) atoms. The second kappa shape index (κ2) is 38.0. The Balaban J connectivity index is 1.76. The van der Waals surface area contributed by atoms with Gasteiger partial charge in [0.2, 0.25) is 47.4 Å². The van der Waals surface area contributed by atoms with Crippen molar-refractivity contribution < 1.29 is 83.0 Å². The van der Waals surface area contributed by atoms with E-state index in [2.05, 4.69) is 51.1 Å². The van der Waals surface area contributed by atoms with Crippen LogP contribution in [-0.4, -0.2) is 188 Å². The van der Waals surface area contributed by atoms with Crippen molar-refractivity contribution in [3.05, 3.63) is 71.8 Å². The van der Waals surface area contributed by atoms with Crippen LogP contribution in [0.3, 0.4) is 0 Å². The lowest BCUT2D eigenvalue weighted by molar-refractivity contribution is -0.163. The Morgan fingerprint density at radius 2 is 1.10 bits per heavy atom. The van der Waals surface area contributed by atoms with Crippen molar-refractivity contribution in [1.29, 1.82) is 0 Å². The van der Waals surface area contributed by atoms with Crippen LogP contribution >= 0.6 is 0 Å². The highest BCUT2D eigenvalue weighted by molar-refractivity contribution is 6.06. The first kappa shape index (κ1) is 73.8. The van der Waals surface area contributed by atoms with Crippen molar-refractivity contribution in [2.24, 2.45) is 29.2 Å². The summed E-state index contributed by atoms with van der Waals surface area (Å²) < 4.78 is 5.10. The number of aliphatic carboxylic acids is 1. The van der Waals surface area contributed by atoms with Crippen LogP contribution in [0.2, 0.25) is 0 Å². The van der Waals surface area contributed by atoms with Crippen LogP contribution in [0, 0.1) is 17.8 Å². The molecule has 1 saturated heterocycles. The molecule has 1 fully saturated rings. The van der Waals surface area contributed by atoms with E-state index < -0.39 is 164 Å². The van der Waals surface area contributed by atoms with Gasteiger partial charge in [-0.25, -0.2) is 14.4 Å². The second-order valence-corrected chi connectivity index (χ2v) is 23.2. The van der Waals surface area contributed by atoms with Gasteiger partial charge in [0.05, 0.1) is 31.8 Å². The number of aliphatic hydroxyl groups is 4. The molecule has 0 spiro atoms. The van der Waals surface area contributed by atoms with Crippen molar-refractivity contribution in [2.75, 3.05) is 26.3 Å². The zero-order valence-electron chi connectivity index (χ0n) is 50.6. The van der Waals surface area contributed by atoms with Gasteiger partial charge in [0.25, 0.3) is 5.91 Å². The number of amides is 8. The van der Waals surface area contributed by atoms with Crippen molar-refractivity contribution >= 4 is 65.2 Å². The number of carboxylic acids is 1. The van der Waals surface area contributed by atoms with Gasteiger partial charge in [0.1, 0.15) is 48.3 Å². The topological polar surface area (TPSA) is 438 Å². The summed E-state index contributed by atoms with van der Waals surface area (Å²) in [5.74, 6) is -12.8. The zero-order valence-corrected chi connectivity index (χ0v) is 50.6. The Morgan fingerprint density at radius 3 is 1.66 bits per heavy atom. The Hall–Kier alpha value is -7.43. The van der Waals surface area contributed by atoms with Gasteiger partial charge in [-0.3, -0.25) is 38.4 Å². The van der Waals surface area contributed by atoms with Crippen LogP contribution in [0.5, 0.6) is 0 Å². The molecule has 11 atom stereocenters. The van der Waals surface area contributed by atoms with E-state index in [-0.39, 0.29) is 44.4 Å². The SMILES string of the molecule is CC(C)CCCCCC(O)CC(=O)N[C@H](C(=O)O)C(=O)N[C@H](Cc1ccccc1)C(=O)N[C@@H](CO)C(=O)N[C@@H](C(=O)N1C[C@H](O)C[C@H]1C(=O)N[C@@H](CO)C(=O)N[C@H](CC(C)C)C(=O)N[C@@H](Cc1ccccc1)C(=O)OC(=O)[C@@H](N)CCCCN)C(C)C. The van der Waals surface area contributed by atoms with Gasteiger partial charge in [-0.2, -0.15) is 0 Å². The molecule has 1 heterocycles. The Bertz CT molecular complexity index is 2580. The standard InChI is InChI=1S/C60H92N10O17/c1-34(2)18-10-7-15-23-39(73)30-48(75)68-50(58(83)84)56(81)64-43(27-37-19-11-8-12-20-37)52(77)66-46(33-72)54(79)69-49(36(5)6)57(82)70-31-40(74)29-47(70)55(80)67-45(32-71)53(78)63-42(26-35(3)4)51(76)65-44(28-38-21-13-9-14-22-38)60(86)87-59(85)41(62)24-16-17-25-61/h8-9,11-14,19-22,34-36,39-47,49-50,71-74H,7,10,15-18,23-33,61-62H2,1-6H3,(H,63,78)(H,64,81)(H,65,76)(H,66,77)(H,67,80)(H,68,75)(H,69,79)(H,83,84)/t39?,40-,41+,42-,43-,44+,45+,46+,47+,49-,50+/m1/s1. The lowest BCUT2D eigenvalue weighted by atomic mass is 10.0. The summed E-state index contributed by atoms with van der Waals surface area (Å²) >= 11 is 0. The predicted octanol–water partition coefficient (Wildman–Crippen LogP) is -1.52. The maximum Gasteiger partial charge on any atom is 0.336 e. The number of nitrogens with two attached hydrogens (primary N) is 2. The fourth-order valence-corrected chi connectivity index (χ4v) is 9.54. The van der Waals surface area contributed by atoms with Crippen molar-refractivity contribution in [3.63, 3.8) is 0 Å². The third kappa shape index (κ3) is 25.8. The molecular weight excluding hydrogens is 1130 g/mol. The fraction of sp³-hybridized carbons (Fsp3) is 0.617. The summed E-state index contributed by atoms with van der Waals surface area (Å²) in [5.41, 5.74) is 12.5. The number of ether oxygens (including phenoxy) is 1. The molecule has 27 heteroatoms. The fourth-order valence-electron chi connectivity index (χ4n) is 9.54. The normalized spacial score (nSPS) is 17.1. The quantitative estimate of drug-likeness (QED) is 0.0206. The Kier molecular flexibility index (Phi) is 32.2. The molecule has 0 bridgehead atoms. The van der Waals surface area contributed by atoms with Crippen LogP contribution < -0.4 is 48.7 Å². The first-order valence-corrected chi connectivity index (χ1v) is 29.7. The predicted molar refractivity (Wildman–Crippen MR) is 317 cm³/mol. The molecule has 27 nitrogen and oxygen atoms in total. The maximum atomic E-state index is 14.4. The third-order valence-electron chi connectivity index (χ3n) is 14.4. The number of nitrogens with one attached hydrogen (secondary N) is 7. The minimum atomic E-state index is -2.22. The van der Waals surface area contributed by atoms with Crippen LogP contribution in [0.4, 0.5) is 0 Å². The highest BCUT2D eigenvalue weighted by atomic mass is 16.6. The van der Waals surface area contributed by atoms with Crippen molar-refractivity contribution in [2.45, 2.75) is 192 Å². The van der Waals surface area contributed by atoms with E-state index in [1.165, 1.54) is 13.8 Å². The number of hydrogen-bond acceptors (Lipinski definition) is 18. The summed E-state index contributed by atoms with van der Waals surface area (Å²) in [5, 5.41) is 68.8. The van der Waals surface area contributed by atoms with Crippen LogP contribution in [0.25, 0.3) is 0 Å². The number of carbonyl (C=O) groups is 11. The first-order valence-electron chi connectivity index (χ1n) is 29.7. The molecule has 2 aromatic carbocycles. The molecule has 0 saturated carbocycles. The zero-order chi connectivity index (χ0) is 64.9. The van der Waals surface area contributed by atoms with E-state index in [9.17, 15) is 78.3 Å². The number of esters is 2. The van der Waals surface area contributed by atoms with Gasteiger partial charge in [-0.1, -0.05) is 134 Å². The van der Waals surface area contributed by atoms with Crippen molar-refractivity contribution in [3.8, 4) is 0 Å². The minimum absolute atomic E-state index is 0.0208. The Morgan fingerprint density at radius 1 is 0.598 bits per heavy atom. The summed E-state index contributed by atoms with van der Waals surface area (Å²) in [6.07, 6.45) is 1.18. The van der Waals surface area contributed by atoms with Gasteiger partial charge >= 0.3 is 17.9 Å². The van der Waals surface area contributed by atoms with Crippen LogP contribution in [0.1, 0.15) is 123 Å². The largest absolute Gasteiger partial charge is 0.479 e. The number of β-amino-alcohol motifs (C(OH)–C–C–N with tert-alkyl or cyclic N) is 1. The van der Waals surface area contributed by atoms with Gasteiger partial charge in [-0.05, 0) is 61.1 Å². The molecule has 0 aromatic heterocycles. The molecule has 1 unspecified atom stereocenters. The van der Waals surface area contributed by atoms with Crippen LogP contribution in [0.15, 0.2) is 60.7 Å². The number of carboxylic acid groups (broad SMARTS) is 1. The summed E-state index contributed by atoms with van der Waals surface area (Å²) in [6.45, 7) is 8.55. The number of hydrogen-bond donors (Lipinski definition) is 14. The minimum Gasteiger partial charge on any atom is -0.479 e. The van der Waals surface area contributed by atoms with Gasteiger partial charge in [-0.15, -0.1) is 0 Å². The number of aliphatic hydroxyl groups excluding tert-OH is 4.